The lowest BCUT2D eigenvalue weighted by Crippen LogP contribution is -2.36. The summed E-state index contributed by atoms with van der Waals surface area (Å²) >= 11 is 7.68. The molecule has 0 fully saturated rings. The number of anilines is 2. The topological polar surface area (TPSA) is 92.3 Å². The van der Waals surface area contributed by atoms with Crippen LogP contribution in [-0.4, -0.2) is 49.9 Å². The van der Waals surface area contributed by atoms with Crippen molar-refractivity contribution in [2.75, 3.05) is 37.4 Å². The number of nitrogens with one attached hydrogen (secondary N) is 2. The van der Waals surface area contributed by atoms with E-state index in [4.69, 9.17) is 21.1 Å². The fraction of sp³-hybridized carbons (Fsp3) is 0.296. The third-order valence-electron chi connectivity index (χ3n) is 6.43. The maximum atomic E-state index is 13.7. The maximum Gasteiger partial charge on any atom is 0.410 e. The number of amides is 2. The van der Waals surface area contributed by atoms with Gasteiger partial charge in [-0.2, -0.15) is 0 Å². The minimum absolute atomic E-state index is 0.0929. The number of carbonyl (C=O) groups excluding carboxylic acids is 2. The van der Waals surface area contributed by atoms with E-state index >= 15 is 0 Å². The highest BCUT2D eigenvalue weighted by atomic mass is 35.5. The summed E-state index contributed by atoms with van der Waals surface area (Å²) in [6.07, 6.45) is 2.14. The van der Waals surface area contributed by atoms with Crippen LogP contribution in [0.15, 0.2) is 47.5 Å². The number of ether oxygens (including phenoxy) is 2. The van der Waals surface area contributed by atoms with Crippen LogP contribution >= 0.6 is 22.9 Å². The Morgan fingerprint density at radius 2 is 2.08 bits per heavy atom. The van der Waals surface area contributed by atoms with Gasteiger partial charge in [-0.15, -0.1) is 11.3 Å². The molecule has 1 atom stereocenters. The molecule has 1 aromatic heterocycles. The van der Waals surface area contributed by atoms with E-state index in [1.807, 2.05) is 24.4 Å². The van der Waals surface area contributed by atoms with Gasteiger partial charge in [0.05, 0.1) is 37.2 Å². The van der Waals surface area contributed by atoms with Crippen molar-refractivity contribution in [1.29, 1.82) is 0 Å². The molecule has 10 heteroatoms. The molecule has 2 N–H and O–H groups in total. The molecular formula is C27H27ClN4O4S. The predicted molar refractivity (Wildman–Crippen MR) is 147 cm³/mol. The van der Waals surface area contributed by atoms with Crippen LogP contribution in [0.25, 0.3) is 0 Å². The number of carbonyl (C=O) groups is 2. The average molecular weight is 539 g/mol. The first-order valence-corrected chi connectivity index (χ1v) is 13.3. The van der Waals surface area contributed by atoms with Gasteiger partial charge in [0, 0.05) is 35.1 Å². The van der Waals surface area contributed by atoms with E-state index in [9.17, 15) is 9.59 Å². The number of thiophene rings is 1. The van der Waals surface area contributed by atoms with Crippen molar-refractivity contribution < 1.29 is 19.1 Å². The Labute approximate surface area is 224 Å². The Hall–Kier alpha value is -3.56. The Morgan fingerprint density at radius 1 is 1.24 bits per heavy atom. The third kappa shape index (κ3) is 5.14. The van der Waals surface area contributed by atoms with E-state index in [2.05, 4.69) is 21.7 Å². The minimum atomic E-state index is -0.343. The minimum Gasteiger partial charge on any atom is -0.495 e. The highest BCUT2D eigenvalue weighted by Gasteiger charge is 2.31. The van der Waals surface area contributed by atoms with Gasteiger partial charge in [0.25, 0.3) is 5.91 Å². The van der Waals surface area contributed by atoms with Crippen LogP contribution in [0.2, 0.25) is 5.02 Å². The monoisotopic (exact) mass is 538 g/mol. The molecule has 2 aliphatic rings. The van der Waals surface area contributed by atoms with Crippen molar-refractivity contribution in [2.45, 2.75) is 25.8 Å². The van der Waals surface area contributed by atoms with Crippen LogP contribution in [0.3, 0.4) is 0 Å². The second-order valence-electron chi connectivity index (χ2n) is 8.70. The molecule has 5 rings (SSSR count). The summed E-state index contributed by atoms with van der Waals surface area (Å²) in [4.78, 5) is 33.2. The van der Waals surface area contributed by atoms with E-state index in [1.165, 1.54) is 11.3 Å². The summed E-state index contributed by atoms with van der Waals surface area (Å²) in [5.74, 6) is 0.351. The SMILES string of the molecule is CCOC(=O)N1CCc2c(sc(NCC3C=Nc4ccccc43)c2C(=O)Nc2cc(Cl)ccc2OC)C1. The van der Waals surface area contributed by atoms with Gasteiger partial charge in [-0.1, -0.05) is 29.8 Å². The quantitative estimate of drug-likeness (QED) is 0.380. The third-order valence-corrected chi connectivity index (χ3v) is 7.84. The smallest absolute Gasteiger partial charge is 0.410 e. The summed E-state index contributed by atoms with van der Waals surface area (Å²) in [5, 5.41) is 7.73. The van der Waals surface area contributed by atoms with Crippen molar-refractivity contribution in [2.24, 2.45) is 4.99 Å². The molecule has 37 heavy (non-hydrogen) atoms. The van der Waals surface area contributed by atoms with Crippen molar-refractivity contribution in [3.8, 4) is 5.75 Å². The molecular weight excluding hydrogens is 512 g/mol. The Kier molecular flexibility index (Phi) is 7.34. The van der Waals surface area contributed by atoms with Gasteiger partial charge in [-0.25, -0.2) is 4.79 Å². The number of halogens is 1. The number of fused-ring (bicyclic) bond motifs is 2. The number of hydrogen-bond donors (Lipinski definition) is 2. The Morgan fingerprint density at radius 3 is 2.89 bits per heavy atom. The molecule has 3 heterocycles. The molecule has 0 saturated carbocycles. The zero-order valence-electron chi connectivity index (χ0n) is 20.5. The summed E-state index contributed by atoms with van der Waals surface area (Å²) in [7, 11) is 1.54. The molecule has 192 valence electrons. The van der Waals surface area contributed by atoms with Gasteiger partial charge in [0.2, 0.25) is 0 Å². The predicted octanol–water partition coefficient (Wildman–Crippen LogP) is 6.09. The number of hydrogen-bond acceptors (Lipinski definition) is 7. The van der Waals surface area contributed by atoms with E-state index in [0.29, 0.717) is 54.7 Å². The van der Waals surface area contributed by atoms with Crippen molar-refractivity contribution >= 4 is 57.5 Å². The molecule has 0 radical (unpaired) electrons. The van der Waals surface area contributed by atoms with Gasteiger partial charge in [-0.3, -0.25) is 9.79 Å². The first-order chi connectivity index (χ1) is 18.0. The molecule has 0 spiro atoms. The standard InChI is InChI=1S/C27H27ClN4O4S/c1-3-36-27(34)32-11-10-19-23(15-32)37-26(30-14-16-13-29-20-7-5-4-6-18(16)20)24(19)25(33)31-21-12-17(28)8-9-22(21)35-2/h4-9,12-13,16,30H,3,10-11,14-15H2,1-2H3,(H,31,33). The van der Waals surface area contributed by atoms with Crippen LogP contribution in [0, 0.1) is 0 Å². The molecule has 0 saturated heterocycles. The molecule has 3 aromatic rings. The molecule has 2 aromatic carbocycles. The number of benzene rings is 2. The zero-order valence-corrected chi connectivity index (χ0v) is 22.1. The van der Waals surface area contributed by atoms with Gasteiger partial charge in [-0.05, 0) is 48.7 Å². The summed E-state index contributed by atoms with van der Waals surface area (Å²) in [6.45, 7) is 3.57. The van der Waals surface area contributed by atoms with Crippen LogP contribution in [0.5, 0.6) is 5.75 Å². The first kappa shape index (κ1) is 25.1. The van der Waals surface area contributed by atoms with Crippen LogP contribution < -0.4 is 15.4 Å². The van der Waals surface area contributed by atoms with Crippen molar-refractivity contribution in [1.82, 2.24) is 4.90 Å². The van der Waals surface area contributed by atoms with Crippen LogP contribution in [0.4, 0.5) is 21.2 Å². The number of nitrogens with zero attached hydrogens (tertiary/aromatic N) is 2. The highest BCUT2D eigenvalue weighted by molar-refractivity contribution is 7.16. The number of methoxy groups -OCH3 is 1. The van der Waals surface area contributed by atoms with Gasteiger partial charge < -0.3 is 25.0 Å². The second-order valence-corrected chi connectivity index (χ2v) is 10.2. The lowest BCUT2D eigenvalue weighted by Gasteiger charge is -2.26. The molecule has 2 amide bonds. The number of aliphatic imine (C=N–C) groups is 1. The number of rotatable bonds is 7. The first-order valence-electron chi connectivity index (χ1n) is 12.1. The molecule has 0 bridgehead atoms. The van der Waals surface area contributed by atoms with Crippen LogP contribution in [0.1, 0.15) is 39.2 Å². The zero-order chi connectivity index (χ0) is 25.9. The van der Waals surface area contributed by atoms with Crippen LogP contribution in [-0.2, 0) is 17.7 Å². The summed E-state index contributed by atoms with van der Waals surface area (Å²) in [5.41, 5.74) is 4.13. The van der Waals surface area contributed by atoms with E-state index in [1.54, 1.807) is 37.1 Å². The van der Waals surface area contributed by atoms with Gasteiger partial charge >= 0.3 is 6.09 Å². The molecule has 2 aliphatic heterocycles. The molecule has 0 aliphatic carbocycles. The fourth-order valence-corrected chi connectivity index (χ4v) is 6.08. The summed E-state index contributed by atoms with van der Waals surface area (Å²) < 4.78 is 10.6. The van der Waals surface area contributed by atoms with E-state index < -0.39 is 0 Å². The highest BCUT2D eigenvalue weighted by Crippen LogP contribution is 2.40. The maximum absolute atomic E-state index is 13.7. The lowest BCUT2D eigenvalue weighted by molar-refractivity contribution is 0.102. The molecule has 1 unspecified atom stereocenters. The Balaban J connectivity index is 1.44. The molecule has 8 nitrogen and oxygen atoms in total. The van der Waals surface area contributed by atoms with E-state index in [0.717, 1.165) is 26.7 Å². The van der Waals surface area contributed by atoms with Gasteiger partial charge in [0.1, 0.15) is 10.8 Å². The fourth-order valence-electron chi connectivity index (χ4n) is 4.64. The average Bonchev–Trinajstić information content (AvgIpc) is 3.48. The van der Waals surface area contributed by atoms with E-state index in [-0.39, 0.29) is 17.9 Å². The summed E-state index contributed by atoms with van der Waals surface area (Å²) in [6, 6.07) is 13.1. The Bertz CT molecular complexity index is 1370. The van der Waals surface area contributed by atoms with Gasteiger partial charge in [0.15, 0.2) is 0 Å². The largest absolute Gasteiger partial charge is 0.495 e. The van der Waals surface area contributed by atoms with Crippen molar-refractivity contribution in [3.63, 3.8) is 0 Å². The second kappa shape index (κ2) is 10.8. The lowest BCUT2D eigenvalue weighted by atomic mass is 10.0. The number of para-hydroxylation sites is 1. The normalized spacial score (nSPS) is 15.6. The van der Waals surface area contributed by atoms with Crippen molar-refractivity contribution in [3.05, 3.63) is 69.1 Å².